The Morgan fingerprint density at radius 2 is 1.94 bits per heavy atom. The van der Waals surface area contributed by atoms with Crippen LogP contribution in [-0.4, -0.2) is 50.2 Å². The van der Waals surface area contributed by atoms with Crippen molar-refractivity contribution in [3.8, 4) is 10.7 Å². The minimum Gasteiger partial charge on any atom is -0.339 e. The van der Waals surface area contributed by atoms with Crippen LogP contribution in [0.25, 0.3) is 27.3 Å². The lowest BCUT2D eigenvalue weighted by atomic mass is 10.1. The number of anilines is 1. The Balaban J connectivity index is 1.38. The highest BCUT2D eigenvalue weighted by molar-refractivity contribution is 7.13. The molecular formula is C25H23FN6S. The highest BCUT2D eigenvalue weighted by Crippen LogP contribution is 2.31. The summed E-state index contributed by atoms with van der Waals surface area (Å²) in [6.07, 6.45) is 0. The molecule has 2 aromatic carbocycles. The zero-order valence-corrected chi connectivity index (χ0v) is 19.0. The second kappa shape index (κ2) is 8.20. The van der Waals surface area contributed by atoms with Gasteiger partial charge in [0.25, 0.3) is 0 Å². The van der Waals surface area contributed by atoms with Crippen LogP contribution in [0.1, 0.15) is 12.5 Å². The van der Waals surface area contributed by atoms with E-state index in [0.717, 1.165) is 64.9 Å². The first-order valence-electron chi connectivity index (χ1n) is 11.1. The fourth-order valence-corrected chi connectivity index (χ4v) is 5.32. The van der Waals surface area contributed by atoms with Gasteiger partial charge in [-0.2, -0.15) is 0 Å². The summed E-state index contributed by atoms with van der Waals surface area (Å²) in [5.41, 5.74) is 2.74. The van der Waals surface area contributed by atoms with Gasteiger partial charge in [0.05, 0.1) is 10.4 Å². The Morgan fingerprint density at radius 3 is 2.76 bits per heavy atom. The number of rotatable bonds is 4. The molecule has 0 aliphatic carbocycles. The average Bonchev–Trinajstić information content (AvgIpc) is 3.50. The van der Waals surface area contributed by atoms with Crippen molar-refractivity contribution in [3.63, 3.8) is 0 Å². The molecule has 1 atom stereocenters. The van der Waals surface area contributed by atoms with Crippen LogP contribution in [0.3, 0.4) is 0 Å². The van der Waals surface area contributed by atoms with Crippen molar-refractivity contribution in [1.82, 2.24) is 24.5 Å². The van der Waals surface area contributed by atoms with Crippen molar-refractivity contribution in [2.75, 3.05) is 24.5 Å². The normalized spacial score (nSPS) is 17.3. The molecule has 8 heteroatoms. The van der Waals surface area contributed by atoms with E-state index in [1.807, 2.05) is 36.4 Å². The topological polar surface area (TPSA) is 49.6 Å². The molecule has 3 aromatic heterocycles. The zero-order valence-electron chi connectivity index (χ0n) is 18.2. The molecule has 166 valence electrons. The van der Waals surface area contributed by atoms with Crippen molar-refractivity contribution in [2.24, 2.45) is 0 Å². The summed E-state index contributed by atoms with van der Waals surface area (Å²) >= 11 is 1.65. The summed E-state index contributed by atoms with van der Waals surface area (Å²) in [6, 6.07) is 19.4. The number of aromatic nitrogens is 4. The monoisotopic (exact) mass is 458 g/mol. The highest BCUT2D eigenvalue weighted by atomic mass is 32.1. The molecule has 5 aromatic rings. The predicted molar refractivity (Wildman–Crippen MR) is 130 cm³/mol. The van der Waals surface area contributed by atoms with Gasteiger partial charge in [-0.3, -0.25) is 4.90 Å². The third-order valence-electron chi connectivity index (χ3n) is 6.29. The molecular weight excluding hydrogens is 435 g/mol. The van der Waals surface area contributed by atoms with Crippen LogP contribution in [0, 0.1) is 5.82 Å². The lowest BCUT2D eigenvalue weighted by Crippen LogP contribution is -2.52. The smallest absolute Gasteiger partial charge is 0.213 e. The molecule has 1 fully saturated rings. The molecule has 0 amide bonds. The van der Waals surface area contributed by atoms with E-state index < -0.39 is 0 Å². The first-order valence-corrected chi connectivity index (χ1v) is 12.0. The maximum absolute atomic E-state index is 13.7. The average molecular weight is 459 g/mol. The summed E-state index contributed by atoms with van der Waals surface area (Å²) in [7, 11) is 0. The molecule has 0 bridgehead atoms. The van der Waals surface area contributed by atoms with Gasteiger partial charge < -0.3 is 4.90 Å². The summed E-state index contributed by atoms with van der Waals surface area (Å²) in [5.74, 6) is 1.51. The Morgan fingerprint density at radius 1 is 1.03 bits per heavy atom. The number of thiophene rings is 1. The van der Waals surface area contributed by atoms with Gasteiger partial charge >= 0.3 is 0 Å². The van der Waals surface area contributed by atoms with Crippen LogP contribution in [0.15, 0.2) is 66.0 Å². The minimum atomic E-state index is -0.185. The van der Waals surface area contributed by atoms with E-state index >= 15 is 0 Å². The van der Waals surface area contributed by atoms with Gasteiger partial charge in [0.15, 0.2) is 11.5 Å². The quantitative estimate of drug-likeness (QED) is 0.385. The van der Waals surface area contributed by atoms with Crippen LogP contribution >= 0.6 is 11.3 Å². The second-order valence-electron chi connectivity index (χ2n) is 8.48. The molecule has 6 rings (SSSR count). The van der Waals surface area contributed by atoms with Crippen molar-refractivity contribution >= 4 is 33.8 Å². The van der Waals surface area contributed by atoms with Crippen LogP contribution < -0.4 is 4.90 Å². The molecule has 33 heavy (non-hydrogen) atoms. The number of para-hydroxylation sites is 1. The molecule has 4 heterocycles. The van der Waals surface area contributed by atoms with E-state index in [0.29, 0.717) is 0 Å². The highest BCUT2D eigenvalue weighted by Gasteiger charge is 2.28. The molecule has 0 radical (unpaired) electrons. The molecule has 0 unspecified atom stereocenters. The van der Waals surface area contributed by atoms with Gasteiger partial charge in [-0.25, -0.2) is 13.8 Å². The molecule has 1 aliphatic heterocycles. The molecule has 1 aliphatic rings. The number of nitrogens with zero attached hydrogens (tertiary/aromatic N) is 6. The Kier molecular flexibility index (Phi) is 5.04. The van der Waals surface area contributed by atoms with Gasteiger partial charge in [-0.15, -0.1) is 21.5 Å². The maximum Gasteiger partial charge on any atom is 0.213 e. The lowest BCUT2D eigenvalue weighted by molar-refractivity contribution is 0.180. The number of hydrogen-bond acceptors (Lipinski definition) is 6. The summed E-state index contributed by atoms with van der Waals surface area (Å²) in [6.45, 7) is 5.46. The fraction of sp³-hybridized carbons (Fsp3) is 0.240. The predicted octanol–water partition coefficient (Wildman–Crippen LogP) is 4.86. The SMILES string of the molecule is C[C@@H]1CN(c2nc3ccccc3c3nnc(-c4cccs4)n23)CCN1Cc1cccc(F)c1. The molecule has 1 saturated heterocycles. The summed E-state index contributed by atoms with van der Waals surface area (Å²) in [4.78, 5) is 10.9. The van der Waals surface area contributed by atoms with Gasteiger partial charge in [-0.1, -0.05) is 30.3 Å². The van der Waals surface area contributed by atoms with Crippen LogP contribution in [-0.2, 0) is 6.54 Å². The standard InChI is InChI=1S/C25H23FN6S/c1-17-15-31(12-11-30(17)16-18-6-4-7-19(26)14-18)25-27-21-9-3-2-8-20(21)23-28-29-24(32(23)25)22-10-5-13-33-22/h2-10,13-14,17H,11-12,15-16H2,1H3/t17-/m1/s1. The van der Waals surface area contributed by atoms with Gasteiger partial charge in [0.1, 0.15) is 5.82 Å². The third kappa shape index (κ3) is 3.65. The van der Waals surface area contributed by atoms with Crippen molar-refractivity contribution in [1.29, 1.82) is 0 Å². The van der Waals surface area contributed by atoms with E-state index in [4.69, 9.17) is 4.98 Å². The molecule has 0 spiro atoms. The van der Waals surface area contributed by atoms with Crippen molar-refractivity contribution < 1.29 is 4.39 Å². The Hall–Kier alpha value is -3.36. The summed E-state index contributed by atoms with van der Waals surface area (Å²) < 4.78 is 15.8. The third-order valence-corrected chi connectivity index (χ3v) is 7.16. The number of piperazine rings is 1. The molecule has 0 saturated carbocycles. The fourth-order valence-electron chi connectivity index (χ4n) is 4.63. The van der Waals surface area contributed by atoms with Crippen molar-refractivity contribution in [3.05, 3.63) is 77.4 Å². The largest absolute Gasteiger partial charge is 0.339 e. The van der Waals surface area contributed by atoms with E-state index in [1.54, 1.807) is 23.5 Å². The molecule has 0 N–H and O–H groups in total. The van der Waals surface area contributed by atoms with E-state index in [2.05, 4.69) is 42.8 Å². The lowest BCUT2D eigenvalue weighted by Gasteiger charge is -2.40. The zero-order chi connectivity index (χ0) is 22.4. The van der Waals surface area contributed by atoms with Crippen LogP contribution in [0.4, 0.5) is 10.3 Å². The van der Waals surface area contributed by atoms with Crippen molar-refractivity contribution in [2.45, 2.75) is 19.5 Å². The first-order chi connectivity index (χ1) is 16.2. The van der Waals surface area contributed by atoms with Gasteiger partial charge in [0.2, 0.25) is 5.95 Å². The first kappa shape index (κ1) is 20.3. The second-order valence-corrected chi connectivity index (χ2v) is 9.43. The van der Waals surface area contributed by atoms with E-state index in [1.165, 1.54) is 6.07 Å². The summed E-state index contributed by atoms with van der Waals surface area (Å²) in [5, 5.41) is 12.2. The van der Waals surface area contributed by atoms with Crippen LogP contribution in [0.5, 0.6) is 0 Å². The Bertz CT molecular complexity index is 1430. The minimum absolute atomic E-state index is 0.185. The number of halogens is 1. The Labute approximate surface area is 194 Å². The van der Waals surface area contributed by atoms with E-state index in [-0.39, 0.29) is 11.9 Å². The molecule has 6 nitrogen and oxygen atoms in total. The number of benzene rings is 2. The number of hydrogen-bond donors (Lipinski definition) is 0. The van der Waals surface area contributed by atoms with Crippen LogP contribution in [0.2, 0.25) is 0 Å². The maximum atomic E-state index is 13.7. The van der Waals surface area contributed by atoms with E-state index in [9.17, 15) is 4.39 Å². The van der Waals surface area contributed by atoms with Gasteiger partial charge in [0, 0.05) is 37.6 Å². The van der Waals surface area contributed by atoms with Gasteiger partial charge in [-0.05, 0) is 48.2 Å². The number of fused-ring (bicyclic) bond motifs is 3.